The summed E-state index contributed by atoms with van der Waals surface area (Å²) in [5.74, 6) is -0.794. The van der Waals surface area contributed by atoms with E-state index in [0.29, 0.717) is 12.2 Å². The minimum Gasteiger partial charge on any atom is -0.382 e. The van der Waals surface area contributed by atoms with E-state index >= 15 is 0 Å². The van der Waals surface area contributed by atoms with Gasteiger partial charge in [0, 0.05) is 12.7 Å². The largest absolute Gasteiger partial charge is 0.382 e. The smallest absolute Gasteiger partial charge is 0.274 e. The summed E-state index contributed by atoms with van der Waals surface area (Å²) in [4.78, 5) is 16.1. The number of rotatable bonds is 5. The average molecular weight is 213 g/mol. The summed E-state index contributed by atoms with van der Waals surface area (Å²) in [6.07, 6.45) is 0. The lowest BCUT2D eigenvalue weighted by Gasteiger charge is -2.04. The number of benzene rings is 1. The maximum absolute atomic E-state index is 12.5. The highest BCUT2D eigenvalue weighted by molar-refractivity contribution is 5.93. The van der Waals surface area contributed by atoms with Crippen LogP contribution in [0, 0.1) is 5.82 Å². The topological polar surface area (TPSA) is 47.6 Å². The van der Waals surface area contributed by atoms with E-state index in [9.17, 15) is 9.18 Å². The number of hydrogen-bond donors (Lipinski definition) is 1. The monoisotopic (exact) mass is 213 g/mol. The Morgan fingerprint density at radius 3 is 2.60 bits per heavy atom. The van der Waals surface area contributed by atoms with E-state index in [2.05, 4.69) is 5.48 Å². The second-order valence-corrected chi connectivity index (χ2v) is 2.78. The van der Waals surface area contributed by atoms with Crippen LogP contribution in [0.25, 0.3) is 0 Å². The Labute approximate surface area is 86.9 Å². The highest BCUT2D eigenvalue weighted by Crippen LogP contribution is 2.02. The van der Waals surface area contributed by atoms with Gasteiger partial charge in [0.2, 0.25) is 0 Å². The van der Waals surface area contributed by atoms with Crippen molar-refractivity contribution in [2.45, 2.75) is 0 Å². The molecule has 0 spiro atoms. The first-order valence-electron chi connectivity index (χ1n) is 4.40. The lowest BCUT2D eigenvalue weighted by molar-refractivity contribution is 0.00888. The molecule has 0 radical (unpaired) electrons. The summed E-state index contributed by atoms with van der Waals surface area (Å²) in [5, 5.41) is 0. The summed E-state index contributed by atoms with van der Waals surface area (Å²) in [6.45, 7) is 0.660. The molecule has 0 aromatic heterocycles. The fourth-order valence-corrected chi connectivity index (χ4v) is 0.902. The number of hydroxylamine groups is 1. The van der Waals surface area contributed by atoms with Gasteiger partial charge >= 0.3 is 0 Å². The predicted octanol–water partition coefficient (Wildman–Crippen LogP) is 1.13. The van der Waals surface area contributed by atoms with Crippen LogP contribution in [-0.4, -0.2) is 26.2 Å². The minimum absolute atomic E-state index is 0.267. The number of hydrogen-bond acceptors (Lipinski definition) is 3. The van der Waals surface area contributed by atoms with Crippen LogP contribution in [-0.2, 0) is 9.57 Å². The van der Waals surface area contributed by atoms with Crippen LogP contribution in [0.15, 0.2) is 24.3 Å². The molecule has 15 heavy (non-hydrogen) atoms. The molecule has 82 valence electrons. The van der Waals surface area contributed by atoms with Crippen molar-refractivity contribution in [3.63, 3.8) is 0 Å². The Balaban J connectivity index is 2.37. The molecular formula is C10H12FNO3. The molecule has 0 aliphatic carbocycles. The molecule has 0 saturated carbocycles. The molecule has 0 heterocycles. The molecule has 1 aromatic rings. The Hall–Kier alpha value is -1.46. The zero-order chi connectivity index (χ0) is 11.1. The van der Waals surface area contributed by atoms with Crippen molar-refractivity contribution in [3.05, 3.63) is 35.6 Å². The average Bonchev–Trinajstić information content (AvgIpc) is 2.25. The van der Waals surface area contributed by atoms with Gasteiger partial charge in [0.25, 0.3) is 5.91 Å². The molecule has 1 N–H and O–H groups in total. The fraction of sp³-hybridized carbons (Fsp3) is 0.300. The zero-order valence-electron chi connectivity index (χ0n) is 8.33. The van der Waals surface area contributed by atoms with Crippen LogP contribution in [0.5, 0.6) is 0 Å². The second kappa shape index (κ2) is 6.10. The predicted molar refractivity (Wildman–Crippen MR) is 51.7 cm³/mol. The second-order valence-electron chi connectivity index (χ2n) is 2.78. The van der Waals surface area contributed by atoms with E-state index in [-0.39, 0.29) is 12.4 Å². The van der Waals surface area contributed by atoms with Gasteiger partial charge in [0.1, 0.15) is 5.82 Å². The van der Waals surface area contributed by atoms with Crippen molar-refractivity contribution in [2.24, 2.45) is 0 Å². The van der Waals surface area contributed by atoms with Crippen LogP contribution in [0.3, 0.4) is 0 Å². The van der Waals surface area contributed by atoms with Crippen molar-refractivity contribution in [2.75, 3.05) is 20.3 Å². The number of carbonyl (C=O) groups is 1. The number of methoxy groups -OCH3 is 1. The molecule has 1 amide bonds. The molecule has 0 fully saturated rings. The van der Waals surface area contributed by atoms with Gasteiger partial charge in [0.05, 0.1) is 13.2 Å². The first kappa shape index (κ1) is 11.6. The number of halogens is 1. The summed E-state index contributed by atoms with van der Waals surface area (Å²) < 4.78 is 17.2. The Bertz CT molecular complexity index is 313. The molecule has 4 nitrogen and oxygen atoms in total. The van der Waals surface area contributed by atoms with Crippen molar-refractivity contribution >= 4 is 5.91 Å². The van der Waals surface area contributed by atoms with Gasteiger partial charge in [-0.1, -0.05) is 0 Å². The van der Waals surface area contributed by atoms with Crippen LogP contribution in [0.4, 0.5) is 4.39 Å². The van der Waals surface area contributed by atoms with Crippen molar-refractivity contribution < 1.29 is 18.8 Å². The maximum Gasteiger partial charge on any atom is 0.274 e. The van der Waals surface area contributed by atoms with E-state index in [1.165, 1.54) is 31.4 Å². The van der Waals surface area contributed by atoms with Gasteiger partial charge in [-0.25, -0.2) is 9.87 Å². The van der Waals surface area contributed by atoms with Gasteiger partial charge in [-0.2, -0.15) is 0 Å². The third-order valence-corrected chi connectivity index (χ3v) is 1.66. The molecule has 0 aliphatic rings. The summed E-state index contributed by atoms with van der Waals surface area (Å²) in [7, 11) is 1.53. The van der Waals surface area contributed by atoms with Crippen molar-refractivity contribution in [1.29, 1.82) is 0 Å². The number of nitrogens with one attached hydrogen (secondary N) is 1. The lowest BCUT2D eigenvalue weighted by Crippen LogP contribution is -2.25. The standard InChI is InChI=1S/C10H12FNO3/c1-14-6-7-15-12-10(13)8-2-4-9(11)5-3-8/h2-5H,6-7H2,1H3,(H,12,13). The van der Waals surface area contributed by atoms with Gasteiger partial charge in [-0.3, -0.25) is 9.63 Å². The number of ether oxygens (including phenoxy) is 1. The molecule has 0 aliphatic heterocycles. The van der Waals surface area contributed by atoms with E-state index in [1.807, 2.05) is 0 Å². The summed E-state index contributed by atoms with van der Waals surface area (Å²) >= 11 is 0. The third-order valence-electron chi connectivity index (χ3n) is 1.66. The van der Waals surface area contributed by atoms with Gasteiger partial charge in [-0.15, -0.1) is 0 Å². The lowest BCUT2D eigenvalue weighted by atomic mass is 10.2. The van der Waals surface area contributed by atoms with Gasteiger partial charge in [-0.05, 0) is 24.3 Å². The van der Waals surface area contributed by atoms with E-state index in [0.717, 1.165) is 0 Å². The van der Waals surface area contributed by atoms with E-state index in [1.54, 1.807) is 0 Å². The zero-order valence-corrected chi connectivity index (χ0v) is 8.33. The van der Waals surface area contributed by atoms with E-state index in [4.69, 9.17) is 9.57 Å². The molecule has 1 aromatic carbocycles. The normalized spacial score (nSPS) is 10.0. The minimum atomic E-state index is -0.411. The van der Waals surface area contributed by atoms with Crippen molar-refractivity contribution in [3.8, 4) is 0 Å². The van der Waals surface area contributed by atoms with Gasteiger partial charge < -0.3 is 4.74 Å². The molecule has 1 rings (SSSR count). The Kier molecular flexibility index (Phi) is 4.73. The molecule has 0 atom stereocenters. The fourth-order valence-electron chi connectivity index (χ4n) is 0.902. The SMILES string of the molecule is COCCONC(=O)c1ccc(F)cc1. The Morgan fingerprint density at radius 2 is 2.00 bits per heavy atom. The molecule has 0 unspecified atom stereocenters. The van der Waals surface area contributed by atoms with Gasteiger partial charge in [0.15, 0.2) is 0 Å². The highest BCUT2D eigenvalue weighted by atomic mass is 19.1. The summed E-state index contributed by atoms with van der Waals surface area (Å²) in [6, 6.07) is 5.18. The van der Waals surface area contributed by atoms with Crippen LogP contribution in [0.1, 0.15) is 10.4 Å². The highest BCUT2D eigenvalue weighted by Gasteiger charge is 2.04. The quantitative estimate of drug-likeness (QED) is 0.589. The van der Waals surface area contributed by atoms with Crippen molar-refractivity contribution in [1.82, 2.24) is 5.48 Å². The number of carbonyl (C=O) groups excluding carboxylic acids is 1. The Morgan fingerprint density at radius 1 is 1.33 bits per heavy atom. The molecular weight excluding hydrogens is 201 g/mol. The molecule has 0 bridgehead atoms. The third kappa shape index (κ3) is 4.05. The number of amides is 1. The van der Waals surface area contributed by atoms with Crippen LogP contribution in [0.2, 0.25) is 0 Å². The first-order valence-corrected chi connectivity index (χ1v) is 4.40. The first-order chi connectivity index (χ1) is 7.24. The summed E-state index contributed by atoms with van der Waals surface area (Å²) in [5.41, 5.74) is 2.55. The molecule has 0 saturated heterocycles. The maximum atomic E-state index is 12.5. The van der Waals surface area contributed by atoms with Crippen LogP contribution >= 0.6 is 0 Å². The van der Waals surface area contributed by atoms with Crippen LogP contribution < -0.4 is 5.48 Å². The van der Waals surface area contributed by atoms with E-state index < -0.39 is 5.91 Å². The molecule has 5 heteroatoms.